The topological polar surface area (TPSA) is 58.9 Å². The van der Waals surface area contributed by atoms with E-state index in [9.17, 15) is 0 Å². The molecule has 0 rings (SSSR count). The fourth-order valence-electron chi connectivity index (χ4n) is 0.946. The molecule has 0 spiro atoms. The molecule has 0 saturated carbocycles. The Balaban J connectivity index is 0. The molecule has 0 aliphatic rings. The Hall–Kier alpha value is -0.160. The van der Waals surface area contributed by atoms with Gasteiger partial charge in [0.2, 0.25) is 0 Å². The van der Waals surface area contributed by atoms with E-state index in [4.69, 9.17) is 14.9 Å². The van der Waals surface area contributed by atoms with Crippen LogP contribution < -0.4 is 0 Å². The van der Waals surface area contributed by atoms with E-state index >= 15 is 0 Å². The summed E-state index contributed by atoms with van der Waals surface area (Å²) in [5, 5.41) is 16.2. The van der Waals surface area contributed by atoms with Crippen molar-refractivity contribution in [3.63, 3.8) is 0 Å². The van der Waals surface area contributed by atoms with Crippen LogP contribution in [-0.4, -0.2) is 48.8 Å². The Bertz CT molecular complexity index is 193. The van der Waals surface area contributed by atoms with Gasteiger partial charge in [-0.05, 0) is 24.7 Å². The third-order valence-corrected chi connectivity index (χ3v) is 3.32. The summed E-state index contributed by atoms with van der Waals surface area (Å²) in [4.78, 5) is 0. The molecule has 2 unspecified atom stereocenters. The lowest BCUT2D eigenvalue weighted by Crippen LogP contribution is -2.35. The third-order valence-electron chi connectivity index (χ3n) is 3.32. The summed E-state index contributed by atoms with van der Waals surface area (Å²) < 4.78 is 10.6. The third kappa shape index (κ3) is 12.9. The largest absolute Gasteiger partial charge is 0.394 e. The number of hydrogen-bond donors (Lipinski definition) is 2. The summed E-state index contributed by atoms with van der Waals surface area (Å²) in [6.07, 6.45) is 0.614. The molecule has 0 bridgehead atoms. The number of hydrogen-bond acceptors (Lipinski definition) is 4. The Morgan fingerprint density at radius 3 is 1.25 bits per heavy atom. The molecule has 2 atom stereocenters. The van der Waals surface area contributed by atoms with Gasteiger partial charge >= 0.3 is 0 Å². The molecular weight excluding hydrogens is 256 g/mol. The average molecular weight is 292 g/mol. The highest BCUT2D eigenvalue weighted by atomic mass is 16.5. The van der Waals surface area contributed by atoms with Crippen molar-refractivity contribution in [3.05, 3.63) is 0 Å². The average Bonchev–Trinajstić information content (AvgIpc) is 2.28. The van der Waals surface area contributed by atoms with Crippen LogP contribution in [0.2, 0.25) is 0 Å². The SMILES string of the molecule is CC(OC(C)C(C)(C)C)C(C)(C)C.OCCOCCO. The minimum atomic E-state index is 0.0278. The van der Waals surface area contributed by atoms with Gasteiger partial charge in [0.25, 0.3) is 0 Å². The molecule has 0 aliphatic heterocycles. The summed E-state index contributed by atoms with van der Waals surface area (Å²) >= 11 is 0. The first-order chi connectivity index (χ1) is 8.96. The van der Waals surface area contributed by atoms with Crippen LogP contribution in [0.5, 0.6) is 0 Å². The molecule has 4 nitrogen and oxygen atoms in total. The zero-order valence-corrected chi connectivity index (χ0v) is 14.7. The fraction of sp³-hybridized carbons (Fsp3) is 1.00. The van der Waals surface area contributed by atoms with Crippen molar-refractivity contribution in [3.8, 4) is 0 Å². The highest BCUT2D eigenvalue weighted by Gasteiger charge is 2.27. The minimum absolute atomic E-state index is 0.0278. The monoisotopic (exact) mass is 292 g/mol. The van der Waals surface area contributed by atoms with Crippen LogP contribution in [0.1, 0.15) is 55.4 Å². The zero-order valence-electron chi connectivity index (χ0n) is 14.7. The first-order valence-corrected chi connectivity index (χ1v) is 7.41. The van der Waals surface area contributed by atoms with Crippen LogP contribution in [-0.2, 0) is 9.47 Å². The lowest BCUT2D eigenvalue weighted by Gasteiger charge is -2.35. The van der Waals surface area contributed by atoms with E-state index in [1.54, 1.807) is 0 Å². The molecule has 0 aromatic rings. The van der Waals surface area contributed by atoms with E-state index in [0.717, 1.165) is 0 Å². The molecule has 0 aromatic carbocycles. The molecule has 2 N–H and O–H groups in total. The van der Waals surface area contributed by atoms with Crippen LogP contribution >= 0.6 is 0 Å². The van der Waals surface area contributed by atoms with Crippen molar-refractivity contribution >= 4 is 0 Å². The van der Waals surface area contributed by atoms with Crippen LogP contribution in [0.15, 0.2) is 0 Å². The van der Waals surface area contributed by atoms with Gasteiger partial charge in [0, 0.05) is 0 Å². The van der Waals surface area contributed by atoms with Gasteiger partial charge in [-0.1, -0.05) is 41.5 Å². The molecule has 0 fully saturated rings. The van der Waals surface area contributed by atoms with E-state index in [0.29, 0.717) is 25.4 Å². The maximum atomic E-state index is 8.09. The lowest BCUT2D eigenvalue weighted by molar-refractivity contribution is -0.0886. The molecule has 0 heterocycles. The summed E-state index contributed by atoms with van der Waals surface area (Å²) in [5.41, 5.74) is 0.471. The van der Waals surface area contributed by atoms with E-state index in [1.165, 1.54) is 0 Å². The molecule has 0 radical (unpaired) electrons. The standard InChI is InChI=1S/C12H26O.C4H10O3/c1-9(11(3,4)5)13-10(2)12(6,7)8;5-1-3-7-4-2-6/h9-10H,1-8H3;5-6H,1-4H2. The van der Waals surface area contributed by atoms with E-state index < -0.39 is 0 Å². The second kappa shape index (κ2) is 10.6. The highest BCUT2D eigenvalue weighted by molar-refractivity contribution is 4.75. The van der Waals surface area contributed by atoms with Crippen LogP contribution in [0.3, 0.4) is 0 Å². The van der Waals surface area contributed by atoms with Gasteiger partial charge in [0.05, 0.1) is 38.6 Å². The predicted molar refractivity (Wildman–Crippen MR) is 83.9 cm³/mol. The van der Waals surface area contributed by atoms with Gasteiger partial charge in [0.1, 0.15) is 0 Å². The van der Waals surface area contributed by atoms with E-state index in [1.807, 2.05) is 0 Å². The van der Waals surface area contributed by atoms with Crippen LogP contribution in [0.4, 0.5) is 0 Å². The lowest BCUT2D eigenvalue weighted by atomic mass is 9.87. The van der Waals surface area contributed by atoms with E-state index in [-0.39, 0.29) is 24.0 Å². The van der Waals surface area contributed by atoms with Gasteiger partial charge in [-0.2, -0.15) is 0 Å². The fourth-order valence-corrected chi connectivity index (χ4v) is 0.946. The quantitative estimate of drug-likeness (QED) is 0.739. The van der Waals surface area contributed by atoms with Crippen molar-refractivity contribution in [1.82, 2.24) is 0 Å². The Kier molecular flexibility index (Phi) is 11.7. The number of aliphatic hydroxyl groups excluding tert-OH is 2. The minimum Gasteiger partial charge on any atom is -0.394 e. The second-order valence-electron chi connectivity index (χ2n) is 7.21. The normalized spacial score (nSPS) is 15.3. The number of rotatable bonds is 6. The summed E-state index contributed by atoms with van der Waals surface area (Å²) in [7, 11) is 0. The van der Waals surface area contributed by atoms with Crippen molar-refractivity contribution in [2.24, 2.45) is 10.8 Å². The van der Waals surface area contributed by atoms with Gasteiger partial charge in [0.15, 0.2) is 0 Å². The predicted octanol–water partition coefficient (Wildman–Crippen LogP) is 2.86. The van der Waals surface area contributed by atoms with Gasteiger partial charge in [-0.15, -0.1) is 0 Å². The molecule has 0 amide bonds. The molecule has 124 valence electrons. The van der Waals surface area contributed by atoms with Gasteiger partial charge in [-0.25, -0.2) is 0 Å². The highest BCUT2D eigenvalue weighted by Crippen LogP contribution is 2.28. The van der Waals surface area contributed by atoms with Gasteiger partial charge < -0.3 is 19.7 Å². The summed E-state index contributed by atoms with van der Waals surface area (Å²) in [5.74, 6) is 0. The first kappa shape index (κ1) is 22.1. The van der Waals surface area contributed by atoms with Crippen molar-refractivity contribution in [2.45, 2.75) is 67.6 Å². The summed E-state index contributed by atoms with van der Waals surface area (Å²) in [6.45, 7) is 18.3. The van der Waals surface area contributed by atoms with Gasteiger partial charge in [-0.3, -0.25) is 0 Å². The first-order valence-electron chi connectivity index (χ1n) is 7.41. The van der Waals surface area contributed by atoms with Crippen molar-refractivity contribution < 1.29 is 19.7 Å². The van der Waals surface area contributed by atoms with Crippen LogP contribution in [0.25, 0.3) is 0 Å². The smallest absolute Gasteiger partial charge is 0.0698 e. The number of aliphatic hydroxyl groups is 2. The molecule has 0 saturated heterocycles. The second-order valence-corrected chi connectivity index (χ2v) is 7.21. The molecule has 20 heavy (non-hydrogen) atoms. The Morgan fingerprint density at radius 2 is 1.05 bits per heavy atom. The van der Waals surface area contributed by atoms with E-state index in [2.05, 4.69) is 60.1 Å². The van der Waals surface area contributed by atoms with Crippen molar-refractivity contribution in [1.29, 1.82) is 0 Å². The Morgan fingerprint density at radius 1 is 0.750 bits per heavy atom. The maximum Gasteiger partial charge on any atom is 0.0698 e. The Labute approximate surface area is 125 Å². The summed E-state index contributed by atoms with van der Waals surface area (Å²) in [6, 6.07) is 0. The molecule has 4 heteroatoms. The van der Waals surface area contributed by atoms with Crippen molar-refractivity contribution in [2.75, 3.05) is 26.4 Å². The maximum absolute atomic E-state index is 8.09. The molecule has 0 aliphatic carbocycles. The number of ether oxygens (including phenoxy) is 2. The zero-order chi connectivity index (χ0) is 16.4. The molecule has 0 aromatic heterocycles. The molecular formula is C16H36O4. The van der Waals surface area contributed by atoms with Crippen LogP contribution in [0, 0.1) is 10.8 Å².